The average molecular weight is 280 g/mol. The second kappa shape index (κ2) is 5.74. The van der Waals surface area contributed by atoms with Crippen LogP contribution in [0.1, 0.15) is 23.0 Å². The summed E-state index contributed by atoms with van der Waals surface area (Å²) < 4.78 is 44.5. The van der Waals surface area contributed by atoms with E-state index >= 15 is 0 Å². The minimum Gasteiger partial charge on any atom is -0.502 e. The van der Waals surface area contributed by atoms with Crippen molar-refractivity contribution < 1.29 is 32.5 Å². The van der Waals surface area contributed by atoms with E-state index in [9.17, 15) is 23.1 Å². The first kappa shape index (κ1) is 15.0. The van der Waals surface area contributed by atoms with Crippen molar-refractivity contribution in [2.75, 3.05) is 6.61 Å². The molecule has 19 heavy (non-hydrogen) atoms. The van der Waals surface area contributed by atoms with Crippen molar-refractivity contribution in [3.63, 3.8) is 0 Å². The number of hydrogen-bond donors (Lipinski definition) is 2. The maximum absolute atomic E-state index is 12.1. The maximum atomic E-state index is 12.1. The predicted molar refractivity (Wildman–Crippen MR) is 56.4 cm³/mol. The molecule has 1 rings (SSSR count). The third-order valence-electron chi connectivity index (χ3n) is 1.93. The van der Waals surface area contributed by atoms with Gasteiger partial charge in [-0.05, 0) is 13.0 Å². The molecular formula is C10H11F3N2O4. The van der Waals surface area contributed by atoms with Crippen molar-refractivity contribution in [3.8, 4) is 11.6 Å². The molecule has 1 heterocycles. The summed E-state index contributed by atoms with van der Waals surface area (Å²) in [5.41, 5.74) is 4.70. The minimum absolute atomic E-state index is 0.00594. The molecule has 1 aromatic heterocycles. The molecule has 0 saturated heterocycles. The van der Waals surface area contributed by atoms with Crippen LogP contribution in [-0.4, -0.2) is 29.0 Å². The molecule has 6 nitrogen and oxygen atoms in total. The molecule has 0 aliphatic rings. The second-order valence-electron chi connectivity index (χ2n) is 3.29. The fourth-order valence-electron chi connectivity index (χ4n) is 1.22. The molecule has 3 N–H and O–H groups in total. The SMILES string of the molecule is CCOC(=O)c1cc(CN)nc(OC(F)(F)F)c1O. The average Bonchev–Trinajstić information content (AvgIpc) is 2.30. The third kappa shape index (κ3) is 3.98. The Morgan fingerprint density at radius 3 is 2.63 bits per heavy atom. The van der Waals surface area contributed by atoms with Crippen LogP contribution in [0.3, 0.4) is 0 Å². The molecule has 0 fully saturated rings. The number of hydrogen-bond acceptors (Lipinski definition) is 6. The zero-order valence-corrected chi connectivity index (χ0v) is 9.82. The smallest absolute Gasteiger partial charge is 0.502 e. The van der Waals surface area contributed by atoms with Crippen molar-refractivity contribution >= 4 is 5.97 Å². The van der Waals surface area contributed by atoms with Gasteiger partial charge in [0.2, 0.25) is 0 Å². The molecule has 0 unspecified atom stereocenters. The zero-order chi connectivity index (χ0) is 14.6. The zero-order valence-electron chi connectivity index (χ0n) is 9.82. The van der Waals surface area contributed by atoms with Gasteiger partial charge >= 0.3 is 12.3 Å². The molecule has 0 saturated carbocycles. The van der Waals surface area contributed by atoms with Crippen LogP contribution in [0.2, 0.25) is 0 Å². The normalized spacial score (nSPS) is 11.2. The summed E-state index contributed by atoms with van der Waals surface area (Å²) in [4.78, 5) is 14.8. The van der Waals surface area contributed by atoms with Gasteiger partial charge in [-0.1, -0.05) is 0 Å². The first-order valence-electron chi connectivity index (χ1n) is 5.14. The molecule has 0 radical (unpaired) electrons. The highest BCUT2D eigenvalue weighted by molar-refractivity contribution is 5.93. The van der Waals surface area contributed by atoms with Gasteiger partial charge in [-0.2, -0.15) is 0 Å². The summed E-state index contributed by atoms with van der Waals surface area (Å²) in [6.07, 6.45) is -5.05. The number of aromatic hydroxyl groups is 1. The number of aromatic nitrogens is 1. The number of carbonyl (C=O) groups is 1. The van der Waals surface area contributed by atoms with Crippen LogP contribution in [-0.2, 0) is 11.3 Å². The molecule has 0 aliphatic carbocycles. The molecular weight excluding hydrogens is 269 g/mol. The van der Waals surface area contributed by atoms with Crippen LogP contribution in [0, 0.1) is 0 Å². The van der Waals surface area contributed by atoms with Gasteiger partial charge < -0.3 is 20.3 Å². The minimum atomic E-state index is -5.05. The van der Waals surface area contributed by atoms with E-state index in [1.807, 2.05) is 0 Å². The Hall–Kier alpha value is -2.03. The van der Waals surface area contributed by atoms with Gasteiger partial charge in [0.05, 0.1) is 12.3 Å². The monoisotopic (exact) mass is 280 g/mol. The summed E-state index contributed by atoms with van der Waals surface area (Å²) in [7, 11) is 0. The molecule has 0 bridgehead atoms. The maximum Gasteiger partial charge on any atom is 0.574 e. The van der Waals surface area contributed by atoms with E-state index in [2.05, 4.69) is 14.5 Å². The van der Waals surface area contributed by atoms with Crippen LogP contribution in [0.5, 0.6) is 11.6 Å². The van der Waals surface area contributed by atoms with Crippen LogP contribution in [0.15, 0.2) is 6.07 Å². The van der Waals surface area contributed by atoms with Crippen molar-refractivity contribution in [3.05, 3.63) is 17.3 Å². The fraction of sp³-hybridized carbons (Fsp3) is 0.400. The summed E-state index contributed by atoms with van der Waals surface area (Å²) in [5, 5.41) is 9.54. The Labute approximate surface area is 105 Å². The number of pyridine rings is 1. The van der Waals surface area contributed by atoms with E-state index < -0.39 is 29.5 Å². The molecule has 106 valence electrons. The van der Waals surface area contributed by atoms with E-state index in [0.717, 1.165) is 6.07 Å². The van der Waals surface area contributed by atoms with Gasteiger partial charge in [0, 0.05) is 6.54 Å². The number of esters is 1. The molecule has 0 aromatic carbocycles. The number of halogens is 3. The lowest BCUT2D eigenvalue weighted by atomic mass is 10.2. The summed E-state index contributed by atoms with van der Waals surface area (Å²) in [6.45, 7) is 1.27. The lowest BCUT2D eigenvalue weighted by molar-refractivity contribution is -0.276. The van der Waals surface area contributed by atoms with Gasteiger partial charge in [0.15, 0.2) is 5.75 Å². The first-order chi connectivity index (χ1) is 8.78. The lowest BCUT2D eigenvalue weighted by Crippen LogP contribution is -2.19. The summed E-state index contributed by atoms with van der Waals surface area (Å²) in [5.74, 6) is -3.18. The van der Waals surface area contributed by atoms with Crippen LogP contribution < -0.4 is 10.5 Å². The van der Waals surface area contributed by atoms with E-state index in [0.29, 0.717) is 0 Å². The standard InChI is InChI=1S/C10H11F3N2O4/c1-2-18-9(17)6-3-5(4-14)15-8(7(6)16)19-10(11,12)13/h3,16H,2,4,14H2,1H3. The van der Waals surface area contributed by atoms with E-state index in [-0.39, 0.29) is 18.8 Å². The molecule has 9 heteroatoms. The number of nitrogens with zero attached hydrogens (tertiary/aromatic N) is 1. The van der Waals surface area contributed by atoms with Gasteiger partial charge in [0.1, 0.15) is 5.56 Å². The number of nitrogens with two attached hydrogens (primary N) is 1. The predicted octanol–water partition coefficient (Wildman–Crippen LogP) is 1.32. The summed E-state index contributed by atoms with van der Waals surface area (Å²) >= 11 is 0. The number of alkyl halides is 3. The largest absolute Gasteiger partial charge is 0.574 e. The highest BCUT2D eigenvalue weighted by Crippen LogP contribution is 2.33. The molecule has 0 spiro atoms. The Morgan fingerprint density at radius 2 is 2.16 bits per heavy atom. The van der Waals surface area contributed by atoms with Gasteiger partial charge in [-0.25, -0.2) is 9.78 Å². The Kier molecular flexibility index (Phi) is 4.54. The van der Waals surface area contributed by atoms with Crippen molar-refractivity contribution in [1.29, 1.82) is 0 Å². The quantitative estimate of drug-likeness (QED) is 0.808. The number of rotatable bonds is 4. The summed E-state index contributed by atoms with van der Waals surface area (Å²) in [6, 6.07) is 1.04. The van der Waals surface area contributed by atoms with E-state index in [1.165, 1.54) is 6.92 Å². The van der Waals surface area contributed by atoms with Crippen molar-refractivity contribution in [2.24, 2.45) is 5.73 Å². The topological polar surface area (TPSA) is 94.7 Å². The van der Waals surface area contributed by atoms with Crippen LogP contribution >= 0.6 is 0 Å². The lowest BCUT2D eigenvalue weighted by Gasteiger charge is -2.13. The van der Waals surface area contributed by atoms with Gasteiger partial charge in [-0.15, -0.1) is 13.2 Å². The second-order valence-corrected chi connectivity index (χ2v) is 3.29. The van der Waals surface area contributed by atoms with Gasteiger partial charge in [0.25, 0.3) is 5.88 Å². The number of ether oxygens (including phenoxy) is 2. The molecule has 1 aromatic rings. The fourth-order valence-corrected chi connectivity index (χ4v) is 1.22. The first-order valence-corrected chi connectivity index (χ1v) is 5.14. The third-order valence-corrected chi connectivity index (χ3v) is 1.93. The Bertz CT molecular complexity index is 477. The number of carbonyl (C=O) groups excluding carboxylic acids is 1. The highest BCUT2D eigenvalue weighted by Gasteiger charge is 2.34. The molecule has 0 atom stereocenters. The van der Waals surface area contributed by atoms with Crippen molar-refractivity contribution in [2.45, 2.75) is 19.8 Å². The highest BCUT2D eigenvalue weighted by atomic mass is 19.4. The molecule has 0 amide bonds. The van der Waals surface area contributed by atoms with E-state index in [1.54, 1.807) is 0 Å². The van der Waals surface area contributed by atoms with E-state index in [4.69, 9.17) is 5.73 Å². The van der Waals surface area contributed by atoms with Crippen LogP contribution in [0.25, 0.3) is 0 Å². The Balaban J connectivity index is 3.24. The Morgan fingerprint density at radius 1 is 1.53 bits per heavy atom. The van der Waals surface area contributed by atoms with Gasteiger partial charge in [-0.3, -0.25) is 0 Å². The molecule has 0 aliphatic heterocycles. The van der Waals surface area contributed by atoms with Crippen LogP contribution in [0.4, 0.5) is 13.2 Å². The van der Waals surface area contributed by atoms with Crippen molar-refractivity contribution in [1.82, 2.24) is 4.98 Å².